The number of ether oxygens (including phenoxy) is 2. The van der Waals surface area contributed by atoms with Crippen LogP contribution in [0.3, 0.4) is 0 Å². The lowest BCUT2D eigenvalue weighted by molar-refractivity contribution is -0.125. The monoisotopic (exact) mass is 357 g/mol. The van der Waals surface area contributed by atoms with Gasteiger partial charge in [-0.2, -0.15) is 8.78 Å². The lowest BCUT2D eigenvalue weighted by Gasteiger charge is -2.21. The second-order valence-electron chi connectivity index (χ2n) is 4.27. The number of benzene rings is 1. The highest BCUT2D eigenvalue weighted by Crippen LogP contribution is 2.38. The topological polar surface area (TPSA) is 30.5 Å². The smallest absolute Gasteiger partial charge is 0.319 e. The normalized spacial score (nSPS) is 14.7. The summed E-state index contributed by atoms with van der Waals surface area (Å²) in [6, 6.07) is 3.30. The SMILES string of the molecule is FC(F)C(F)(F)CNCc1cc(Br)c2c(c1)OCCO2. The van der Waals surface area contributed by atoms with Crippen molar-refractivity contribution in [1.82, 2.24) is 5.32 Å². The average molecular weight is 358 g/mol. The Balaban J connectivity index is 1.99. The second kappa shape index (κ2) is 6.17. The molecule has 0 radical (unpaired) electrons. The van der Waals surface area contributed by atoms with Gasteiger partial charge in [-0.25, -0.2) is 8.78 Å². The van der Waals surface area contributed by atoms with Crippen molar-refractivity contribution in [2.45, 2.75) is 18.9 Å². The predicted octanol–water partition coefficient (Wildman–Crippen LogP) is 3.21. The molecule has 8 heteroatoms. The van der Waals surface area contributed by atoms with Gasteiger partial charge in [-0.3, -0.25) is 0 Å². The van der Waals surface area contributed by atoms with Gasteiger partial charge in [0.1, 0.15) is 13.2 Å². The minimum atomic E-state index is -4.04. The molecule has 1 heterocycles. The summed E-state index contributed by atoms with van der Waals surface area (Å²) in [5.74, 6) is -2.98. The van der Waals surface area contributed by atoms with Crippen LogP contribution in [0.15, 0.2) is 16.6 Å². The lowest BCUT2D eigenvalue weighted by atomic mass is 10.2. The van der Waals surface area contributed by atoms with Gasteiger partial charge in [-0.15, -0.1) is 0 Å². The molecule has 112 valence electrons. The van der Waals surface area contributed by atoms with Crippen molar-refractivity contribution in [3.8, 4) is 11.5 Å². The fraction of sp³-hybridized carbons (Fsp3) is 0.500. The van der Waals surface area contributed by atoms with E-state index in [1.165, 1.54) is 0 Å². The number of hydrogen-bond acceptors (Lipinski definition) is 3. The van der Waals surface area contributed by atoms with Crippen molar-refractivity contribution >= 4 is 15.9 Å². The fourth-order valence-corrected chi connectivity index (χ4v) is 2.32. The molecular weight excluding hydrogens is 346 g/mol. The first-order chi connectivity index (χ1) is 9.40. The first-order valence-electron chi connectivity index (χ1n) is 5.85. The van der Waals surface area contributed by atoms with Crippen molar-refractivity contribution in [2.75, 3.05) is 19.8 Å². The van der Waals surface area contributed by atoms with E-state index in [4.69, 9.17) is 9.47 Å². The lowest BCUT2D eigenvalue weighted by Crippen LogP contribution is -2.38. The molecule has 0 aromatic heterocycles. The Hall–Kier alpha value is -1.02. The number of halogens is 5. The van der Waals surface area contributed by atoms with E-state index in [9.17, 15) is 17.6 Å². The second-order valence-corrected chi connectivity index (χ2v) is 5.12. The molecule has 0 saturated carbocycles. The van der Waals surface area contributed by atoms with Crippen molar-refractivity contribution < 1.29 is 27.0 Å². The molecule has 0 spiro atoms. The van der Waals surface area contributed by atoms with Crippen molar-refractivity contribution in [1.29, 1.82) is 0 Å². The first kappa shape index (κ1) is 15.4. The maximum absolute atomic E-state index is 12.7. The molecule has 1 N–H and O–H groups in total. The minimum absolute atomic E-state index is 0.0253. The minimum Gasteiger partial charge on any atom is -0.486 e. The third-order valence-electron chi connectivity index (χ3n) is 2.67. The van der Waals surface area contributed by atoms with E-state index < -0.39 is 18.9 Å². The summed E-state index contributed by atoms with van der Waals surface area (Å²) in [4.78, 5) is 0. The third-order valence-corrected chi connectivity index (χ3v) is 3.25. The van der Waals surface area contributed by atoms with Gasteiger partial charge in [0.2, 0.25) is 0 Å². The van der Waals surface area contributed by atoms with Crippen LogP contribution in [-0.2, 0) is 6.54 Å². The van der Waals surface area contributed by atoms with E-state index in [2.05, 4.69) is 21.2 Å². The Kier molecular flexibility index (Phi) is 4.74. The van der Waals surface area contributed by atoms with Crippen LogP contribution in [-0.4, -0.2) is 32.1 Å². The van der Waals surface area contributed by atoms with Crippen LogP contribution in [0.1, 0.15) is 5.56 Å². The van der Waals surface area contributed by atoms with Gasteiger partial charge < -0.3 is 14.8 Å². The molecule has 0 aliphatic carbocycles. The van der Waals surface area contributed by atoms with Crippen LogP contribution in [0.25, 0.3) is 0 Å². The first-order valence-corrected chi connectivity index (χ1v) is 6.64. The zero-order valence-corrected chi connectivity index (χ0v) is 11.9. The number of rotatable bonds is 5. The maximum Gasteiger partial charge on any atom is 0.319 e. The summed E-state index contributed by atoms with van der Waals surface area (Å²) in [6.07, 6.45) is -3.68. The predicted molar refractivity (Wildman–Crippen MR) is 67.8 cm³/mol. The van der Waals surface area contributed by atoms with E-state index in [1.54, 1.807) is 12.1 Å². The van der Waals surface area contributed by atoms with Crippen LogP contribution in [0, 0.1) is 0 Å². The summed E-state index contributed by atoms with van der Waals surface area (Å²) < 4.78 is 60.9. The van der Waals surface area contributed by atoms with Gasteiger partial charge in [0, 0.05) is 6.54 Å². The van der Waals surface area contributed by atoms with Gasteiger partial charge in [0.15, 0.2) is 11.5 Å². The third kappa shape index (κ3) is 3.54. The van der Waals surface area contributed by atoms with Crippen LogP contribution < -0.4 is 14.8 Å². The molecule has 1 aromatic carbocycles. The molecule has 0 bridgehead atoms. The summed E-state index contributed by atoms with van der Waals surface area (Å²) in [5.41, 5.74) is 0.631. The van der Waals surface area contributed by atoms with Crippen LogP contribution >= 0.6 is 15.9 Å². The Morgan fingerprint density at radius 2 is 1.95 bits per heavy atom. The van der Waals surface area contributed by atoms with Gasteiger partial charge in [-0.05, 0) is 33.6 Å². The summed E-state index contributed by atoms with van der Waals surface area (Å²) in [6.45, 7) is -0.224. The van der Waals surface area contributed by atoms with Crippen LogP contribution in [0.5, 0.6) is 11.5 Å². The molecule has 1 aliphatic heterocycles. The van der Waals surface area contributed by atoms with Crippen molar-refractivity contribution in [3.05, 3.63) is 22.2 Å². The van der Waals surface area contributed by atoms with E-state index in [1.807, 2.05) is 0 Å². The number of nitrogens with one attached hydrogen (secondary N) is 1. The highest BCUT2D eigenvalue weighted by molar-refractivity contribution is 9.10. The molecule has 3 nitrogen and oxygen atoms in total. The average Bonchev–Trinajstić information content (AvgIpc) is 2.38. The number of alkyl halides is 4. The van der Waals surface area contributed by atoms with E-state index in [-0.39, 0.29) is 6.54 Å². The summed E-state index contributed by atoms with van der Waals surface area (Å²) in [7, 11) is 0. The zero-order chi connectivity index (χ0) is 14.8. The van der Waals surface area contributed by atoms with Crippen LogP contribution in [0.2, 0.25) is 0 Å². The van der Waals surface area contributed by atoms with Crippen LogP contribution in [0.4, 0.5) is 17.6 Å². The highest BCUT2D eigenvalue weighted by Gasteiger charge is 2.39. The largest absolute Gasteiger partial charge is 0.486 e. The van der Waals surface area contributed by atoms with Gasteiger partial charge in [0.05, 0.1) is 11.0 Å². The standard InChI is InChI=1S/C12H12BrF4NO2/c13-8-3-7(4-9-10(8)20-2-1-19-9)5-18-6-12(16,17)11(14)15/h3-4,11,18H,1-2,5-6H2. The van der Waals surface area contributed by atoms with E-state index in [0.29, 0.717) is 34.7 Å². The molecule has 0 unspecified atom stereocenters. The summed E-state index contributed by atoms with van der Waals surface area (Å²) >= 11 is 3.29. The number of fused-ring (bicyclic) bond motifs is 1. The molecule has 0 atom stereocenters. The molecule has 0 saturated heterocycles. The molecule has 0 amide bonds. The fourth-order valence-electron chi connectivity index (χ4n) is 1.72. The Morgan fingerprint density at radius 3 is 2.65 bits per heavy atom. The summed E-state index contributed by atoms with van der Waals surface area (Å²) in [5, 5.41) is 2.31. The highest BCUT2D eigenvalue weighted by atomic mass is 79.9. The van der Waals surface area contributed by atoms with Crippen molar-refractivity contribution in [3.63, 3.8) is 0 Å². The quantitative estimate of drug-likeness (QED) is 0.820. The van der Waals surface area contributed by atoms with E-state index in [0.717, 1.165) is 0 Å². The number of hydrogen-bond donors (Lipinski definition) is 1. The molecule has 20 heavy (non-hydrogen) atoms. The molecule has 0 fully saturated rings. The van der Waals surface area contributed by atoms with Gasteiger partial charge >= 0.3 is 12.3 Å². The molecule has 1 aromatic rings. The maximum atomic E-state index is 12.7. The molecular formula is C12H12BrF4NO2. The van der Waals surface area contributed by atoms with Gasteiger partial charge in [-0.1, -0.05) is 0 Å². The van der Waals surface area contributed by atoms with Crippen molar-refractivity contribution in [2.24, 2.45) is 0 Å². The molecule has 2 rings (SSSR count). The Morgan fingerprint density at radius 1 is 1.25 bits per heavy atom. The van der Waals surface area contributed by atoms with Gasteiger partial charge in [0.25, 0.3) is 0 Å². The zero-order valence-electron chi connectivity index (χ0n) is 10.3. The Labute approximate surface area is 121 Å². The van der Waals surface area contributed by atoms with E-state index >= 15 is 0 Å². The molecule has 1 aliphatic rings. The Bertz CT molecular complexity index is 485.